The summed E-state index contributed by atoms with van der Waals surface area (Å²) in [5.74, 6) is 1.13. The molecule has 3 rings (SSSR count). The lowest BCUT2D eigenvalue weighted by Crippen LogP contribution is -2.34. The van der Waals surface area contributed by atoms with Crippen LogP contribution in [-0.2, 0) is 0 Å². The Labute approximate surface area is 147 Å². The Hall–Kier alpha value is -2.01. The molecule has 1 aromatic carbocycles. The summed E-state index contributed by atoms with van der Waals surface area (Å²) in [5, 5.41) is 7.61. The van der Waals surface area contributed by atoms with E-state index in [-0.39, 0.29) is 18.0 Å². The zero-order valence-electron chi connectivity index (χ0n) is 14.2. The highest BCUT2D eigenvalue weighted by molar-refractivity contribution is 6.33. The first kappa shape index (κ1) is 16.8. The first-order valence-electron chi connectivity index (χ1n) is 8.26. The SMILES string of the molecule is Cc1ccc(NC(=O)N2CCC[C@H]2c2cc(C(C)C)on2)c(Cl)c1. The Bertz CT molecular complexity index is 742. The molecule has 1 aliphatic rings. The van der Waals surface area contributed by atoms with Crippen molar-refractivity contribution in [3.05, 3.63) is 46.3 Å². The van der Waals surface area contributed by atoms with Gasteiger partial charge in [0.25, 0.3) is 0 Å². The Morgan fingerprint density at radius 3 is 2.88 bits per heavy atom. The number of carbonyl (C=O) groups excluding carboxylic acids is 1. The third kappa shape index (κ3) is 3.41. The molecule has 5 nitrogen and oxygen atoms in total. The van der Waals surface area contributed by atoms with Crippen LogP contribution in [0.1, 0.15) is 55.7 Å². The van der Waals surface area contributed by atoms with Crippen molar-refractivity contribution in [3.63, 3.8) is 0 Å². The number of aromatic nitrogens is 1. The fourth-order valence-electron chi connectivity index (χ4n) is 2.96. The highest BCUT2D eigenvalue weighted by atomic mass is 35.5. The second-order valence-electron chi connectivity index (χ2n) is 6.57. The van der Waals surface area contributed by atoms with Crippen LogP contribution in [0.3, 0.4) is 0 Å². The summed E-state index contributed by atoms with van der Waals surface area (Å²) in [6.45, 7) is 6.78. The topological polar surface area (TPSA) is 58.4 Å². The minimum atomic E-state index is -0.155. The van der Waals surface area contributed by atoms with Crippen molar-refractivity contribution in [1.82, 2.24) is 10.1 Å². The molecule has 0 unspecified atom stereocenters. The van der Waals surface area contributed by atoms with Crippen molar-refractivity contribution in [1.29, 1.82) is 0 Å². The number of benzene rings is 1. The summed E-state index contributed by atoms with van der Waals surface area (Å²) in [6, 6.07) is 7.34. The molecule has 6 heteroatoms. The number of nitrogens with zero attached hydrogens (tertiary/aromatic N) is 2. The van der Waals surface area contributed by atoms with Crippen LogP contribution in [0, 0.1) is 6.92 Å². The van der Waals surface area contributed by atoms with Gasteiger partial charge in [-0.05, 0) is 37.5 Å². The third-order valence-corrected chi connectivity index (χ3v) is 4.65. The number of likely N-dealkylation sites (tertiary alicyclic amines) is 1. The van der Waals surface area contributed by atoms with Gasteiger partial charge in [0.15, 0.2) is 0 Å². The van der Waals surface area contributed by atoms with Crippen LogP contribution in [-0.4, -0.2) is 22.6 Å². The smallest absolute Gasteiger partial charge is 0.322 e. The summed E-state index contributed by atoms with van der Waals surface area (Å²) >= 11 is 6.21. The summed E-state index contributed by atoms with van der Waals surface area (Å²) in [7, 11) is 0. The Morgan fingerprint density at radius 2 is 2.21 bits per heavy atom. The molecule has 0 bridgehead atoms. The predicted molar refractivity (Wildman–Crippen MR) is 94.5 cm³/mol. The van der Waals surface area contributed by atoms with E-state index in [4.69, 9.17) is 16.1 Å². The minimum Gasteiger partial charge on any atom is -0.361 e. The quantitative estimate of drug-likeness (QED) is 0.837. The number of urea groups is 1. The van der Waals surface area contributed by atoms with Gasteiger partial charge in [0, 0.05) is 18.5 Å². The largest absolute Gasteiger partial charge is 0.361 e. The maximum atomic E-state index is 12.7. The number of hydrogen-bond donors (Lipinski definition) is 1. The second-order valence-corrected chi connectivity index (χ2v) is 6.98. The molecule has 1 fully saturated rings. The molecule has 0 saturated carbocycles. The van der Waals surface area contributed by atoms with Crippen LogP contribution < -0.4 is 5.32 Å². The lowest BCUT2D eigenvalue weighted by atomic mass is 10.1. The van der Waals surface area contributed by atoms with Crippen molar-refractivity contribution in [3.8, 4) is 0 Å². The second kappa shape index (κ2) is 6.85. The highest BCUT2D eigenvalue weighted by Gasteiger charge is 2.32. The van der Waals surface area contributed by atoms with Gasteiger partial charge in [-0.2, -0.15) is 0 Å². The summed E-state index contributed by atoms with van der Waals surface area (Å²) in [5.41, 5.74) is 2.50. The maximum absolute atomic E-state index is 12.7. The van der Waals surface area contributed by atoms with E-state index in [1.54, 1.807) is 4.90 Å². The molecule has 0 aliphatic carbocycles. The first-order valence-corrected chi connectivity index (χ1v) is 8.64. The van der Waals surface area contributed by atoms with Crippen LogP contribution in [0.15, 0.2) is 28.8 Å². The number of anilines is 1. The van der Waals surface area contributed by atoms with Gasteiger partial charge in [0.2, 0.25) is 0 Å². The van der Waals surface area contributed by atoms with Gasteiger partial charge in [-0.15, -0.1) is 0 Å². The molecule has 0 spiro atoms. The fraction of sp³-hybridized carbons (Fsp3) is 0.444. The molecular formula is C18H22ClN3O2. The van der Waals surface area contributed by atoms with E-state index in [1.807, 2.05) is 31.2 Å². The standard InChI is InChI=1S/C18H22ClN3O2/c1-11(2)17-10-15(21-24-17)16-5-4-8-22(16)18(23)20-14-7-6-12(3)9-13(14)19/h6-7,9-11,16H,4-5,8H2,1-3H3,(H,20,23)/t16-/m0/s1. The molecular weight excluding hydrogens is 326 g/mol. The number of nitrogens with one attached hydrogen (secondary N) is 1. The number of rotatable bonds is 3. The average Bonchev–Trinajstić information content (AvgIpc) is 3.17. The van der Waals surface area contributed by atoms with Gasteiger partial charge < -0.3 is 14.7 Å². The molecule has 1 aliphatic heterocycles. The van der Waals surface area contributed by atoms with Crippen LogP contribution in [0.25, 0.3) is 0 Å². The average molecular weight is 348 g/mol. The monoisotopic (exact) mass is 347 g/mol. The molecule has 24 heavy (non-hydrogen) atoms. The van der Waals surface area contributed by atoms with E-state index in [0.29, 0.717) is 17.3 Å². The van der Waals surface area contributed by atoms with Crippen LogP contribution in [0.2, 0.25) is 5.02 Å². The van der Waals surface area contributed by atoms with E-state index >= 15 is 0 Å². The summed E-state index contributed by atoms with van der Waals surface area (Å²) in [4.78, 5) is 14.5. The fourth-order valence-corrected chi connectivity index (χ4v) is 3.24. The van der Waals surface area contributed by atoms with E-state index in [0.717, 1.165) is 29.9 Å². The zero-order chi connectivity index (χ0) is 17.3. The van der Waals surface area contributed by atoms with E-state index in [1.165, 1.54) is 0 Å². The summed E-state index contributed by atoms with van der Waals surface area (Å²) < 4.78 is 5.39. The Morgan fingerprint density at radius 1 is 1.42 bits per heavy atom. The Balaban J connectivity index is 1.75. The third-order valence-electron chi connectivity index (χ3n) is 4.34. The summed E-state index contributed by atoms with van der Waals surface area (Å²) in [6.07, 6.45) is 1.84. The molecule has 1 atom stereocenters. The molecule has 1 aromatic heterocycles. The molecule has 1 N–H and O–H groups in total. The van der Waals surface area contributed by atoms with E-state index in [2.05, 4.69) is 24.3 Å². The Kier molecular flexibility index (Phi) is 4.81. The van der Waals surface area contributed by atoms with E-state index < -0.39 is 0 Å². The van der Waals surface area contributed by atoms with Crippen LogP contribution >= 0.6 is 11.6 Å². The molecule has 2 heterocycles. The molecule has 0 radical (unpaired) electrons. The highest BCUT2D eigenvalue weighted by Crippen LogP contribution is 2.33. The van der Waals surface area contributed by atoms with Gasteiger partial charge in [0.05, 0.1) is 16.8 Å². The first-order chi connectivity index (χ1) is 11.5. The van der Waals surface area contributed by atoms with Crippen molar-refractivity contribution in [2.45, 2.75) is 45.6 Å². The van der Waals surface area contributed by atoms with E-state index in [9.17, 15) is 4.79 Å². The van der Waals surface area contributed by atoms with Crippen molar-refractivity contribution < 1.29 is 9.32 Å². The van der Waals surface area contributed by atoms with Gasteiger partial charge >= 0.3 is 6.03 Å². The molecule has 128 valence electrons. The number of amides is 2. The lowest BCUT2D eigenvalue weighted by Gasteiger charge is -2.23. The number of hydrogen-bond acceptors (Lipinski definition) is 3. The number of aryl methyl sites for hydroxylation is 1. The maximum Gasteiger partial charge on any atom is 0.322 e. The van der Waals surface area contributed by atoms with Gasteiger partial charge in [0.1, 0.15) is 11.5 Å². The molecule has 2 aromatic rings. The normalized spacial score (nSPS) is 17.5. The van der Waals surface area contributed by atoms with Crippen LogP contribution in [0.4, 0.5) is 10.5 Å². The minimum absolute atomic E-state index is 0.0505. The number of halogens is 1. The predicted octanol–water partition coefficient (Wildman–Crippen LogP) is 5.13. The van der Waals surface area contributed by atoms with Gasteiger partial charge in [-0.3, -0.25) is 0 Å². The van der Waals surface area contributed by atoms with Gasteiger partial charge in [-0.25, -0.2) is 4.79 Å². The molecule has 1 saturated heterocycles. The van der Waals surface area contributed by atoms with Crippen LogP contribution in [0.5, 0.6) is 0 Å². The van der Waals surface area contributed by atoms with Crippen molar-refractivity contribution in [2.75, 3.05) is 11.9 Å². The molecule has 2 amide bonds. The lowest BCUT2D eigenvalue weighted by molar-refractivity contribution is 0.204. The zero-order valence-corrected chi connectivity index (χ0v) is 14.9. The number of carbonyl (C=O) groups is 1. The van der Waals surface area contributed by atoms with Crippen molar-refractivity contribution in [2.24, 2.45) is 0 Å². The van der Waals surface area contributed by atoms with Gasteiger partial charge in [-0.1, -0.05) is 36.7 Å². The van der Waals surface area contributed by atoms with Crippen molar-refractivity contribution >= 4 is 23.3 Å².